The smallest absolute Gasteiger partial charge is 0.129 e. The Bertz CT molecular complexity index is 380. The van der Waals surface area contributed by atoms with Crippen LogP contribution in [-0.2, 0) is 6.42 Å². The van der Waals surface area contributed by atoms with Gasteiger partial charge in [-0.15, -0.1) is 0 Å². The van der Waals surface area contributed by atoms with Crippen LogP contribution in [0.4, 0.5) is 4.39 Å². The summed E-state index contributed by atoms with van der Waals surface area (Å²) in [5, 5.41) is 9.20. The van der Waals surface area contributed by atoms with Crippen molar-refractivity contribution in [3.8, 4) is 5.75 Å². The van der Waals surface area contributed by atoms with Crippen molar-refractivity contribution in [3.63, 3.8) is 0 Å². The molecule has 1 aliphatic rings. The molecule has 0 saturated heterocycles. The number of allylic oxidation sites excluding steroid dienone is 1. The van der Waals surface area contributed by atoms with Crippen LogP contribution >= 0.6 is 0 Å². The average Bonchev–Trinajstić information content (AvgIpc) is 2.12. The monoisotopic (exact) mass is 178 g/mol. The van der Waals surface area contributed by atoms with Gasteiger partial charge in [-0.2, -0.15) is 0 Å². The van der Waals surface area contributed by atoms with Crippen LogP contribution in [0.5, 0.6) is 5.75 Å². The lowest BCUT2D eigenvalue weighted by atomic mass is 9.92. The van der Waals surface area contributed by atoms with Crippen molar-refractivity contribution in [3.05, 3.63) is 34.9 Å². The zero-order valence-corrected chi connectivity index (χ0v) is 7.47. The highest BCUT2D eigenvalue weighted by Gasteiger charge is 2.16. The normalized spacial score (nSPS) is 15.8. The van der Waals surface area contributed by atoms with E-state index in [0.717, 1.165) is 24.0 Å². The summed E-state index contributed by atoms with van der Waals surface area (Å²) >= 11 is 0. The van der Waals surface area contributed by atoms with E-state index in [-0.39, 0.29) is 11.6 Å². The third-order valence-corrected chi connectivity index (χ3v) is 2.47. The van der Waals surface area contributed by atoms with E-state index in [1.165, 1.54) is 6.07 Å². The minimum Gasteiger partial charge on any atom is -0.508 e. The molecule has 0 bridgehead atoms. The van der Waals surface area contributed by atoms with Crippen molar-refractivity contribution < 1.29 is 9.50 Å². The third-order valence-electron chi connectivity index (χ3n) is 2.47. The Balaban J connectivity index is 2.58. The number of rotatable bonds is 0. The Kier molecular flexibility index (Phi) is 1.83. The van der Waals surface area contributed by atoms with E-state index in [1.54, 1.807) is 12.1 Å². The summed E-state index contributed by atoms with van der Waals surface area (Å²) in [6.45, 7) is 1.81. The number of aryl methyl sites for hydroxylation is 1. The molecule has 0 aliphatic heterocycles. The van der Waals surface area contributed by atoms with Crippen molar-refractivity contribution in [2.45, 2.75) is 19.8 Å². The largest absolute Gasteiger partial charge is 0.508 e. The SMILES string of the molecule is CC1=C(F)c2ccc(O)cc2CC1. The van der Waals surface area contributed by atoms with Crippen molar-refractivity contribution >= 4 is 5.83 Å². The van der Waals surface area contributed by atoms with E-state index < -0.39 is 0 Å². The molecule has 0 unspecified atom stereocenters. The van der Waals surface area contributed by atoms with Crippen LogP contribution in [0.25, 0.3) is 5.83 Å². The van der Waals surface area contributed by atoms with E-state index in [0.29, 0.717) is 5.56 Å². The quantitative estimate of drug-likeness (QED) is 0.647. The minimum absolute atomic E-state index is 0.124. The molecule has 0 fully saturated rings. The second-order valence-corrected chi connectivity index (χ2v) is 3.44. The van der Waals surface area contributed by atoms with Gasteiger partial charge in [0.25, 0.3) is 0 Å². The lowest BCUT2D eigenvalue weighted by Gasteiger charge is -2.16. The van der Waals surface area contributed by atoms with Gasteiger partial charge in [-0.3, -0.25) is 0 Å². The highest BCUT2D eigenvalue weighted by atomic mass is 19.1. The van der Waals surface area contributed by atoms with E-state index in [9.17, 15) is 9.50 Å². The maximum atomic E-state index is 13.5. The molecule has 0 saturated carbocycles. The summed E-state index contributed by atoms with van der Waals surface area (Å²) in [5.74, 6) is 0.0901. The summed E-state index contributed by atoms with van der Waals surface area (Å²) in [6.07, 6.45) is 1.57. The summed E-state index contributed by atoms with van der Waals surface area (Å²) in [4.78, 5) is 0. The standard InChI is InChI=1S/C11H11FO/c1-7-2-3-8-6-9(13)4-5-10(8)11(7)12/h4-6,13H,2-3H2,1H3. The molecular weight excluding hydrogens is 167 g/mol. The number of phenols is 1. The molecule has 1 N–H and O–H groups in total. The number of benzene rings is 1. The number of halogens is 1. The minimum atomic E-state index is -0.124. The maximum absolute atomic E-state index is 13.5. The van der Waals surface area contributed by atoms with Crippen LogP contribution in [0.1, 0.15) is 24.5 Å². The molecule has 2 rings (SSSR count). The molecule has 0 amide bonds. The van der Waals surface area contributed by atoms with Crippen LogP contribution in [0, 0.1) is 0 Å². The first-order valence-corrected chi connectivity index (χ1v) is 4.36. The molecule has 13 heavy (non-hydrogen) atoms. The summed E-state index contributed by atoms with van der Waals surface area (Å²) in [7, 11) is 0. The molecule has 0 atom stereocenters. The second kappa shape index (κ2) is 2.87. The number of aromatic hydroxyl groups is 1. The van der Waals surface area contributed by atoms with E-state index in [1.807, 2.05) is 6.92 Å². The molecule has 1 nitrogen and oxygen atoms in total. The average molecular weight is 178 g/mol. The predicted molar refractivity (Wildman–Crippen MR) is 50.1 cm³/mol. The van der Waals surface area contributed by atoms with E-state index in [4.69, 9.17) is 0 Å². The van der Waals surface area contributed by atoms with Gasteiger partial charge in [0.1, 0.15) is 11.6 Å². The number of hydrogen-bond donors (Lipinski definition) is 1. The molecule has 0 aromatic heterocycles. The zero-order chi connectivity index (χ0) is 9.42. The van der Waals surface area contributed by atoms with Gasteiger partial charge in [0.2, 0.25) is 0 Å². The summed E-state index contributed by atoms with van der Waals surface area (Å²) < 4.78 is 13.5. The van der Waals surface area contributed by atoms with E-state index >= 15 is 0 Å². The Morgan fingerprint density at radius 3 is 2.85 bits per heavy atom. The molecule has 1 aromatic rings. The molecule has 1 aromatic carbocycles. The first kappa shape index (κ1) is 8.30. The predicted octanol–water partition coefficient (Wildman–Crippen LogP) is 3.04. The highest BCUT2D eigenvalue weighted by molar-refractivity contribution is 5.68. The number of phenolic OH excluding ortho intramolecular Hbond substituents is 1. The van der Waals surface area contributed by atoms with Gasteiger partial charge >= 0.3 is 0 Å². The van der Waals surface area contributed by atoms with E-state index in [2.05, 4.69) is 0 Å². The Hall–Kier alpha value is -1.31. The summed E-state index contributed by atoms with van der Waals surface area (Å²) in [5.41, 5.74) is 2.35. The van der Waals surface area contributed by atoms with Gasteiger partial charge in [0.15, 0.2) is 0 Å². The van der Waals surface area contributed by atoms with Gasteiger partial charge in [-0.1, -0.05) is 0 Å². The van der Waals surface area contributed by atoms with Crippen LogP contribution in [0.15, 0.2) is 23.8 Å². The fraction of sp³-hybridized carbons (Fsp3) is 0.273. The van der Waals surface area contributed by atoms with Crippen LogP contribution < -0.4 is 0 Å². The lowest BCUT2D eigenvalue weighted by Crippen LogP contribution is -2.00. The van der Waals surface area contributed by atoms with Crippen molar-refractivity contribution in [2.75, 3.05) is 0 Å². The number of fused-ring (bicyclic) bond motifs is 1. The summed E-state index contributed by atoms with van der Waals surface area (Å²) in [6, 6.07) is 4.81. The first-order valence-electron chi connectivity index (χ1n) is 4.36. The molecule has 0 spiro atoms. The first-order chi connectivity index (χ1) is 6.18. The van der Waals surface area contributed by atoms with Gasteiger partial charge in [-0.05, 0) is 49.1 Å². The maximum Gasteiger partial charge on any atom is 0.129 e. The molecule has 0 heterocycles. The lowest BCUT2D eigenvalue weighted by molar-refractivity contribution is 0.474. The molecule has 0 radical (unpaired) electrons. The van der Waals surface area contributed by atoms with Gasteiger partial charge in [-0.25, -0.2) is 4.39 Å². The highest BCUT2D eigenvalue weighted by Crippen LogP contribution is 2.33. The number of hydrogen-bond acceptors (Lipinski definition) is 1. The van der Waals surface area contributed by atoms with Crippen LogP contribution in [0.2, 0.25) is 0 Å². The fourth-order valence-corrected chi connectivity index (χ4v) is 1.66. The topological polar surface area (TPSA) is 20.2 Å². The Morgan fingerprint density at radius 2 is 2.08 bits per heavy atom. The molecular formula is C11H11FO. The van der Waals surface area contributed by atoms with Gasteiger partial charge in [0, 0.05) is 5.56 Å². The third kappa shape index (κ3) is 1.32. The molecule has 68 valence electrons. The van der Waals surface area contributed by atoms with Gasteiger partial charge < -0.3 is 5.11 Å². The zero-order valence-electron chi connectivity index (χ0n) is 7.47. The molecule has 1 aliphatic carbocycles. The van der Waals surface area contributed by atoms with Crippen LogP contribution in [0.3, 0.4) is 0 Å². The Labute approximate surface area is 76.5 Å². The van der Waals surface area contributed by atoms with Crippen molar-refractivity contribution in [1.82, 2.24) is 0 Å². The fourth-order valence-electron chi connectivity index (χ4n) is 1.66. The second-order valence-electron chi connectivity index (χ2n) is 3.44. The van der Waals surface area contributed by atoms with Crippen LogP contribution in [-0.4, -0.2) is 5.11 Å². The van der Waals surface area contributed by atoms with Crippen molar-refractivity contribution in [2.24, 2.45) is 0 Å². The van der Waals surface area contributed by atoms with Gasteiger partial charge in [0.05, 0.1) is 0 Å². The molecule has 2 heteroatoms. The Morgan fingerprint density at radius 1 is 1.31 bits per heavy atom. The van der Waals surface area contributed by atoms with Crippen molar-refractivity contribution in [1.29, 1.82) is 0 Å².